The van der Waals surface area contributed by atoms with Crippen molar-refractivity contribution in [2.75, 3.05) is 6.61 Å². The van der Waals surface area contributed by atoms with Crippen molar-refractivity contribution in [2.45, 2.75) is 6.92 Å². The molecule has 36 heavy (non-hydrogen) atoms. The van der Waals surface area contributed by atoms with E-state index >= 15 is 0 Å². The highest BCUT2D eigenvalue weighted by Gasteiger charge is 2.16. The van der Waals surface area contributed by atoms with Crippen LogP contribution in [-0.4, -0.2) is 27.5 Å². The number of halogens is 1. The first-order chi connectivity index (χ1) is 17.5. The highest BCUT2D eigenvalue weighted by Crippen LogP contribution is 2.30. The summed E-state index contributed by atoms with van der Waals surface area (Å²) in [6, 6.07) is 30.8. The smallest absolute Gasteiger partial charge is 0.336 e. The molecule has 1 aromatic heterocycles. The van der Waals surface area contributed by atoms with E-state index in [1.807, 2.05) is 60.1 Å². The van der Waals surface area contributed by atoms with Crippen LogP contribution in [0.4, 0.5) is 0 Å². The summed E-state index contributed by atoms with van der Waals surface area (Å²) in [6.45, 7) is 2.53. The summed E-state index contributed by atoms with van der Waals surface area (Å²) in [7, 11) is 0. The fourth-order valence-electron chi connectivity index (χ4n) is 4.14. The molecule has 0 aliphatic heterocycles. The number of ether oxygens (including phenoxy) is 1. The molecule has 0 spiro atoms. The lowest BCUT2D eigenvalue weighted by molar-refractivity contribution is -0.130. The van der Waals surface area contributed by atoms with Crippen molar-refractivity contribution in [3.63, 3.8) is 0 Å². The third-order valence-corrected chi connectivity index (χ3v) is 6.06. The fourth-order valence-corrected chi connectivity index (χ4v) is 4.33. The summed E-state index contributed by atoms with van der Waals surface area (Å²) in [6.07, 6.45) is 1.57. The molecular formula is C30H23ClN2O3. The van der Waals surface area contributed by atoms with Gasteiger partial charge in [-0.2, -0.15) is 5.10 Å². The van der Waals surface area contributed by atoms with E-state index in [-0.39, 0.29) is 5.57 Å². The molecule has 0 saturated heterocycles. The van der Waals surface area contributed by atoms with E-state index in [1.54, 1.807) is 30.3 Å². The average molecular weight is 495 g/mol. The SMILES string of the molecule is CCOc1ccc(-n2nc(C=C(C(=O)O)c3cccc(Cl)c3)cc2-c2ccc3ccccc3c2)cc1. The maximum atomic E-state index is 12.1. The lowest BCUT2D eigenvalue weighted by Gasteiger charge is -2.10. The minimum atomic E-state index is -1.06. The Morgan fingerprint density at radius 1 is 0.944 bits per heavy atom. The van der Waals surface area contributed by atoms with Gasteiger partial charge in [0.05, 0.1) is 29.3 Å². The molecule has 0 bridgehead atoms. The molecule has 5 rings (SSSR count). The minimum Gasteiger partial charge on any atom is -0.494 e. The highest BCUT2D eigenvalue weighted by molar-refractivity contribution is 6.31. The van der Waals surface area contributed by atoms with Crippen LogP contribution in [0, 0.1) is 0 Å². The number of fused-ring (bicyclic) bond motifs is 1. The summed E-state index contributed by atoms with van der Waals surface area (Å²) < 4.78 is 7.41. The van der Waals surface area contributed by atoms with Crippen LogP contribution in [0.3, 0.4) is 0 Å². The Morgan fingerprint density at radius 3 is 2.44 bits per heavy atom. The van der Waals surface area contributed by atoms with E-state index in [2.05, 4.69) is 24.3 Å². The Bertz CT molecular complexity index is 1590. The van der Waals surface area contributed by atoms with Crippen LogP contribution in [0.25, 0.3) is 39.4 Å². The van der Waals surface area contributed by atoms with E-state index in [4.69, 9.17) is 21.4 Å². The first-order valence-electron chi connectivity index (χ1n) is 11.6. The van der Waals surface area contributed by atoms with Crippen LogP contribution in [0.15, 0.2) is 97.1 Å². The number of carbonyl (C=O) groups is 1. The maximum absolute atomic E-state index is 12.1. The third-order valence-electron chi connectivity index (χ3n) is 5.82. The van der Waals surface area contributed by atoms with Gasteiger partial charge in [-0.05, 0) is 77.9 Å². The summed E-state index contributed by atoms with van der Waals surface area (Å²) in [5.41, 5.74) is 3.78. The number of aromatic nitrogens is 2. The Morgan fingerprint density at radius 2 is 1.72 bits per heavy atom. The van der Waals surface area contributed by atoms with Gasteiger partial charge in [-0.3, -0.25) is 0 Å². The largest absolute Gasteiger partial charge is 0.494 e. The summed E-state index contributed by atoms with van der Waals surface area (Å²) in [5, 5.41) is 17.4. The average Bonchev–Trinajstić information content (AvgIpc) is 3.31. The molecule has 0 fully saturated rings. The molecule has 0 aliphatic carbocycles. The van der Waals surface area contributed by atoms with Crippen molar-refractivity contribution in [3.8, 4) is 22.7 Å². The molecule has 178 valence electrons. The van der Waals surface area contributed by atoms with Crippen LogP contribution < -0.4 is 4.74 Å². The molecule has 4 aromatic carbocycles. The van der Waals surface area contributed by atoms with Gasteiger partial charge in [0.25, 0.3) is 0 Å². The van der Waals surface area contributed by atoms with E-state index in [1.165, 1.54) is 0 Å². The van der Waals surface area contributed by atoms with Gasteiger partial charge in [0, 0.05) is 10.6 Å². The summed E-state index contributed by atoms with van der Waals surface area (Å²) >= 11 is 6.12. The van der Waals surface area contributed by atoms with E-state index < -0.39 is 5.97 Å². The van der Waals surface area contributed by atoms with E-state index in [0.717, 1.165) is 33.5 Å². The van der Waals surface area contributed by atoms with E-state index in [0.29, 0.717) is 22.9 Å². The van der Waals surface area contributed by atoms with Crippen LogP contribution in [0.2, 0.25) is 5.02 Å². The molecule has 0 radical (unpaired) electrons. The summed E-state index contributed by atoms with van der Waals surface area (Å²) in [5.74, 6) is -0.282. The number of rotatable bonds is 7. The molecule has 1 N–H and O–H groups in total. The Kier molecular flexibility index (Phi) is 6.56. The van der Waals surface area contributed by atoms with Gasteiger partial charge in [0.1, 0.15) is 5.75 Å². The molecular weight excluding hydrogens is 472 g/mol. The standard InChI is InChI=1S/C30H23ClN2O3/c1-2-36-27-14-12-26(13-15-27)33-29(23-11-10-20-6-3-4-7-21(20)16-23)19-25(32-33)18-28(30(34)35)22-8-5-9-24(31)17-22/h3-19H,2H2,1H3,(H,34,35). The van der Waals surface area contributed by atoms with Gasteiger partial charge >= 0.3 is 5.97 Å². The molecule has 0 unspecified atom stereocenters. The van der Waals surface area contributed by atoms with Gasteiger partial charge in [-0.1, -0.05) is 60.1 Å². The van der Waals surface area contributed by atoms with Crippen molar-refractivity contribution in [1.29, 1.82) is 0 Å². The van der Waals surface area contributed by atoms with Crippen molar-refractivity contribution >= 4 is 40.0 Å². The lowest BCUT2D eigenvalue weighted by Crippen LogP contribution is -2.01. The first-order valence-corrected chi connectivity index (χ1v) is 11.9. The molecule has 0 aliphatic rings. The van der Waals surface area contributed by atoms with Gasteiger partial charge in [-0.15, -0.1) is 0 Å². The van der Waals surface area contributed by atoms with E-state index in [9.17, 15) is 9.90 Å². The number of aliphatic carboxylic acids is 1. The van der Waals surface area contributed by atoms with Crippen molar-refractivity contribution in [1.82, 2.24) is 9.78 Å². The fraction of sp³-hybridized carbons (Fsp3) is 0.0667. The maximum Gasteiger partial charge on any atom is 0.336 e. The van der Waals surface area contributed by atoms with Crippen LogP contribution >= 0.6 is 11.6 Å². The Hall–Kier alpha value is -4.35. The van der Waals surface area contributed by atoms with Crippen molar-refractivity contribution in [3.05, 3.63) is 113 Å². The van der Waals surface area contributed by atoms with Crippen LogP contribution in [-0.2, 0) is 4.79 Å². The molecule has 5 nitrogen and oxygen atoms in total. The molecule has 0 amide bonds. The molecule has 0 atom stereocenters. The van der Waals surface area contributed by atoms with Crippen molar-refractivity contribution < 1.29 is 14.6 Å². The topological polar surface area (TPSA) is 64.4 Å². The van der Waals surface area contributed by atoms with Gasteiger partial charge in [-0.25, -0.2) is 9.48 Å². The second kappa shape index (κ2) is 10.1. The van der Waals surface area contributed by atoms with Gasteiger partial charge in [0.2, 0.25) is 0 Å². The second-order valence-corrected chi connectivity index (χ2v) is 8.67. The lowest BCUT2D eigenvalue weighted by atomic mass is 10.0. The second-order valence-electron chi connectivity index (χ2n) is 8.23. The number of hydrogen-bond donors (Lipinski definition) is 1. The van der Waals surface area contributed by atoms with Crippen molar-refractivity contribution in [2.24, 2.45) is 0 Å². The third kappa shape index (κ3) is 4.88. The minimum absolute atomic E-state index is 0.110. The van der Waals surface area contributed by atoms with Gasteiger partial charge in [0.15, 0.2) is 0 Å². The predicted molar refractivity (Wildman–Crippen MR) is 145 cm³/mol. The van der Waals surface area contributed by atoms with Crippen LogP contribution in [0.5, 0.6) is 5.75 Å². The Labute approximate surface area is 213 Å². The Balaban J connectivity index is 1.66. The number of carboxylic acid groups (broad SMARTS) is 1. The summed E-state index contributed by atoms with van der Waals surface area (Å²) in [4.78, 5) is 12.1. The molecule has 0 saturated carbocycles. The molecule has 5 aromatic rings. The quantitative estimate of drug-likeness (QED) is 0.240. The number of hydrogen-bond acceptors (Lipinski definition) is 3. The predicted octanol–water partition coefficient (Wildman–Crippen LogP) is 7.37. The molecule has 6 heteroatoms. The molecule has 1 heterocycles. The number of nitrogens with zero attached hydrogens (tertiary/aromatic N) is 2. The zero-order valence-corrected chi connectivity index (χ0v) is 20.3. The number of carboxylic acids is 1. The normalized spacial score (nSPS) is 11.6. The monoisotopic (exact) mass is 494 g/mol. The zero-order valence-electron chi connectivity index (χ0n) is 19.6. The van der Waals surface area contributed by atoms with Crippen LogP contribution in [0.1, 0.15) is 18.2 Å². The highest BCUT2D eigenvalue weighted by atomic mass is 35.5. The zero-order chi connectivity index (χ0) is 25.1. The first kappa shape index (κ1) is 23.4. The van der Waals surface area contributed by atoms with Gasteiger partial charge < -0.3 is 9.84 Å². The number of benzene rings is 4.